The fourth-order valence-corrected chi connectivity index (χ4v) is 4.59. The Morgan fingerprint density at radius 1 is 1.21 bits per heavy atom. The molecule has 0 aliphatic carbocycles. The van der Waals surface area contributed by atoms with E-state index in [1.54, 1.807) is 15.8 Å². The maximum atomic E-state index is 12.5. The number of hydrogen-bond donors (Lipinski definition) is 1. The fraction of sp³-hybridized carbons (Fsp3) is 0.692. The standard InChI is InChI=1S/C13H23NO3S2/c1-3-5-7-14(8-6-4-2)19(16,17)13-9-12(10-15)11-18-13/h9,11,15H,3-8,10H2,1-2H3. The molecule has 1 rings (SSSR count). The molecule has 19 heavy (non-hydrogen) atoms. The van der Waals surface area contributed by atoms with Crippen LogP contribution in [0.25, 0.3) is 0 Å². The third kappa shape index (κ3) is 4.56. The first-order chi connectivity index (χ1) is 9.06. The summed E-state index contributed by atoms with van der Waals surface area (Å²) in [5.41, 5.74) is 0.662. The number of unbranched alkanes of at least 4 members (excludes halogenated alkanes) is 2. The largest absolute Gasteiger partial charge is 0.392 e. The van der Waals surface area contributed by atoms with E-state index < -0.39 is 10.0 Å². The monoisotopic (exact) mass is 305 g/mol. The number of aliphatic hydroxyl groups excluding tert-OH is 1. The van der Waals surface area contributed by atoms with Crippen LogP contribution >= 0.6 is 11.3 Å². The van der Waals surface area contributed by atoms with E-state index in [2.05, 4.69) is 13.8 Å². The SMILES string of the molecule is CCCCN(CCCC)S(=O)(=O)c1cc(CO)cs1. The van der Waals surface area contributed by atoms with Crippen LogP contribution in [0, 0.1) is 0 Å². The number of thiophene rings is 1. The Bertz CT molecular complexity index is 460. The average Bonchev–Trinajstić information content (AvgIpc) is 2.88. The summed E-state index contributed by atoms with van der Waals surface area (Å²) in [7, 11) is -3.39. The quantitative estimate of drug-likeness (QED) is 0.763. The first kappa shape index (κ1) is 16.6. The highest BCUT2D eigenvalue weighted by Crippen LogP contribution is 2.24. The summed E-state index contributed by atoms with van der Waals surface area (Å²) in [4.78, 5) is 0. The number of rotatable bonds is 9. The lowest BCUT2D eigenvalue weighted by molar-refractivity contribution is 0.282. The van der Waals surface area contributed by atoms with E-state index in [0.29, 0.717) is 22.9 Å². The number of aliphatic hydroxyl groups is 1. The predicted octanol–water partition coefficient (Wildman–Crippen LogP) is 2.83. The second kappa shape index (κ2) is 7.99. The first-order valence-electron chi connectivity index (χ1n) is 6.74. The molecule has 1 aromatic rings. The van der Waals surface area contributed by atoms with E-state index in [9.17, 15) is 8.42 Å². The van der Waals surface area contributed by atoms with Crippen molar-refractivity contribution in [2.24, 2.45) is 0 Å². The van der Waals surface area contributed by atoms with Crippen LogP contribution in [-0.2, 0) is 16.6 Å². The van der Waals surface area contributed by atoms with Gasteiger partial charge in [-0.05, 0) is 29.9 Å². The van der Waals surface area contributed by atoms with Crippen LogP contribution in [0.5, 0.6) is 0 Å². The Morgan fingerprint density at radius 3 is 2.21 bits per heavy atom. The van der Waals surface area contributed by atoms with E-state index in [-0.39, 0.29) is 6.61 Å². The molecule has 1 aromatic heterocycles. The summed E-state index contributed by atoms with van der Waals surface area (Å²) in [6.07, 6.45) is 3.71. The van der Waals surface area contributed by atoms with Crippen molar-refractivity contribution >= 4 is 21.4 Å². The minimum Gasteiger partial charge on any atom is -0.392 e. The van der Waals surface area contributed by atoms with Crippen LogP contribution in [0.1, 0.15) is 45.1 Å². The molecule has 0 fully saturated rings. The molecule has 0 aliphatic rings. The van der Waals surface area contributed by atoms with E-state index in [1.807, 2.05) is 0 Å². The molecule has 110 valence electrons. The zero-order valence-electron chi connectivity index (χ0n) is 11.6. The Balaban J connectivity index is 2.90. The average molecular weight is 305 g/mol. The maximum absolute atomic E-state index is 12.5. The van der Waals surface area contributed by atoms with Gasteiger partial charge in [0.05, 0.1) is 6.61 Å². The van der Waals surface area contributed by atoms with Crippen molar-refractivity contribution in [2.45, 2.75) is 50.3 Å². The lowest BCUT2D eigenvalue weighted by Gasteiger charge is -2.20. The summed E-state index contributed by atoms with van der Waals surface area (Å²) in [6.45, 7) is 5.14. The third-order valence-electron chi connectivity index (χ3n) is 2.93. The van der Waals surface area contributed by atoms with Gasteiger partial charge >= 0.3 is 0 Å². The molecule has 6 heteroatoms. The van der Waals surface area contributed by atoms with Crippen molar-refractivity contribution in [1.82, 2.24) is 4.31 Å². The lowest BCUT2D eigenvalue weighted by Crippen LogP contribution is -2.32. The van der Waals surface area contributed by atoms with Crippen LogP contribution in [0.3, 0.4) is 0 Å². The summed E-state index contributed by atoms with van der Waals surface area (Å²) < 4.78 is 27.0. The highest BCUT2D eigenvalue weighted by Gasteiger charge is 2.25. The summed E-state index contributed by atoms with van der Waals surface area (Å²) in [6, 6.07) is 1.57. The molecule has 0 unspecified atom stereocenters. The van der Waals surface area contributed by atoms with Gasteiger partial charge in [-0.3, -0.25) is 0 Å². The highest BCUT2D eigenvalue weighted by molar-refractivity contribution is 7.91. The molecule has 0 radical (unpaired) electrons. The van der Waals surface area contributed by atoms with Gasteiger partial charge in [-0.2, -0.15) is 4.31 Å². The molecular formula is C13H23NO3S2. The molecule has 0 aromatic carbocycles. The third-order valence-corrected chi connectivity index (χ3v) is 6.29. The molecule has 0 saturated heterocycles. The molecule has 0 amide bonds. The number of hydrogen-bond acceptors (Lipinski definition) is 4. The van der Waals surface area contributed by atoms with Gasteiger partial charge in [-0.15, -0.1) is 11.3 Å². The van der Waals surface area contributed by atoms with Crippen LogP contribution in [0.15, 0.2) is 15.7 Å². The lowest BCUT2D eigenvalue weighted by atomic mass is 10.3. The Hall–Kier alpha value is -0.430. The van der Waals surface area contributed by atoms with E-state index in [1.165, 1.54) is 11.3 Å². The van der Waals surface area contributed by atoms with Crippen LogP contribution in [0.2, 0.25) is 0 Å². The smallest absolute Gasteiger partial charge is 0.252 e. The minimum absolute atomic E-state index is 0.115. The molecule has 1 N–H and O–H groups in total. The normalized spacial score (nSPS) is 12.2. The minimum atomic E-state index is -3.39. The molecule has 0 bridgehead atoms. The van der Waals surface area contributed by atoms with Crippen LogP contribution in [0.4, 0.5) is 0 Å². The van der Waals surface area contributed by atoms with Crippen molar-refractivity contribution in [3.8, 4) is 0 Å². The zero-order chi connectivity index (χ0) is 14.3. The van der Waals surface area contributed by atoms with Crippen molar-refractivity contribution in [2.75, 3.05) is 13.1 Å². The van der Waals surface area contributed by atoms with Crippen LogP contribution < -0.4 is 0 Å². The Labute approximate surface area is 120 Å². The molecule has 0 aliphatic heterocycles. The number of sulfonamides is 1. The number of nitrogens with zero attached hydrogens (tertiary/aromatic N) is 1. The summed E-state index contributed by atoms with van der Waals surface area (Å²) in [5, 5.41) is 10.7. The molecule has 1 heterocycles. The molecule has 0 atom stereocenters. The van der Waals surface area contributed by atoms with Gasteiger partial charge in [0.15, 0.2) is 0 Å². The van der Waals surface area contributed by atoms with Crippen molar-refractivity contribution in [3.05, 3.63) is 17.0 Å². The molecule has 0 saturated carbocycles. The topological polar surface area (TPSA) is 57.6 Å². The molecule has 4 nitrogen and oxygen atoms in total. The van der Waals surface area contributed by atoms with Crippen LogP contribution in [-0.4, -0.2) is 30.9 Å². The van der Waals surface area contributed by atoms with Gasteiger partial charge in [0.1, 0.15) is 4.21 Å². The van der Waals surface area contributed by atoms with E-state index in [4.69, 9.17) is 5.11 Å². The predicted molar refractivity (Wildman–Crippen MR) is 78.8 cm³/mol. The molecule has 0 spiro atoms. The highest BCUT2D eigenvalue weighted by atomic mass is 32.2. The van der Waals surface area contributed by atoms with Gasteiger partial charge in [-0.1, -0.05) is 26.7 Å². The van der Waals surface area contributed by atoms with Crippen molar-refractivity contribution < 1.29 is 13.5 Å². The van der Waals surface area contributed by atoms with Crippen molar-refractivity contribution in [3.63, 3.8) is 0 Å². The fourth-order valence-electron chi connectivity index (χ4n) is 1.72. The Morgan fingerprint density at radius 2 is 1.79 bits per heavy atom. The second-order valence-electron chi connectivity index (χ2n) is 4.54. The Kier molecular flexibility index (Phi) is 6.99. The van der Waals surface area contributed by atoms with E-state index >= 15 is 0 Å². The van der Waals surface area contributed by atoms with Gasteiger partial charge < -0.3 is 5.11 Å². The van der Waals surface area contributed by atoms with Gasteiger partial charge in [0, 0.05) is 13.1 Å². The van der Waals surface area contributed by atoms with Crippen molar-refractivity contribution in [1.29, 1.82) is 0 Å². The van der Waals surface area contributed by atoms with Gasteiger partial charge in [-0.25, -0.2) is 8.42 Å². The summed E-state index contributed by atoms with van der Waals surface area (Å²) >= 11 is 1.19. The van der Waals surface area contributed by atoms with Gasteiger partial charge in [0.25, 0.3) is 10.0 Å². The first-order valence-corrected chi connectivity index (χ1v) is 9.06. The van der Waals surface area contributed by atoms with E-state index in [0.717, 1.165) is 25.7 Å². The zero-order valence-corrected chi connectivity index (χ0v) is 13.3. The maximum Gasteiger partial charge on any atom is 0.252 e. The second-order valence-corrected chi connectivity index (χ2v) is 7.62. The molecular weight excluding hydrogens is 282 g/mol. The van der Waals surface area contributed by atoms with Gasteiger partial charge in [0.2, 0.25) is 0 Å². The summed E-state index contributed by atoms with van der Waals surface area (Å²) in [5.74, 6) is 0.